The van der Waals surface area contributed by atoms with Crippen LogP contribution >= 0.6 is 23.2 Å². The van der Waals surface area contributed by atoms with Crippen LogP contribution in [0.3, 0.4) is 0 Å². The van der Waals surface area contributed by atoms with Gasteiger partial charge in [0.15, 0.2) is 0 Å². The fourth-order valence-corrected chi connectivity index (χ4v) is 2.24. The number of benzene rings is 1. The van der Waals surface area contributed by atoms with Gasteiger partial charge in [0.1, 0.15) is 11.8 Å². The molecule has 0 aliphatic rings. The molecular formula is C15H19Cl2N2O4W-. The number of anilines is 1. The third-order valence-electron chi connectivity index (χ3n) is 3.00. The molecule has 1 amide bonds. The summed E-state index contributed by atoms with van der Waals surface area (Å²) >= 11 is 11.5. The first-order valence-corrected chi connectivity index (χ1v) is 8.06. The summed E-state index contributed by atoms with van der Waals surface area (Å²) in [5.74, 6) is 0.0828. The fraction of sp³-hybridized carbons (Fsp3) is 0.400. The van der Waals surface area contributed by atoms with Crippen LogP contribution in [-0.2, 0) is 25.9 Å². The second-order valence-corrected chi connectivity index (χ2v) is 5.33. The smallest absolute Gasteiger partial charge is 0.413 e. The van der Waals surface area contributed by atoms with E-state index in [1.165, 1.54) is 0 Å². The van der Waals surface area contributed by atoms with Crippen LogP contribution in [0.2, 0.25) is 0 Å². The first-order chi connectivity index (χ1) is 11.0. The minimum absolute atomic E-state index is 0. The van der Waals surface area contributed by atoms with Crippen LogP contribution in [0.5, 0.6) is 5.75 Å². The van der Waals surface area contributed by atoms with E-state index in [4.69, 9.17) is 33.0 Å². The number of rotatable bonds is 9. The van der Waals surface area contributed by atoms with E-state index in [9.17, 15) is 9.59 Å². The topological polar surface area (TPSA) is 78.9 Å². The molecule has 0 bridgehead atoms. The zero-order valence-corrected chi connectivity index (χ0v) is 17.4. The summed E-state index contributed by atoms with van der Waals surface area (Å²) < 4.78 is 5.04. The molecule has 9 heteroatoms. The van der Waals surface area contributed by atoms with Crippen LogP contribution in [0.15, 0.2) is 24.3 Å². The zero-order valence-electron chi connectivity index (χ0n) is 12.9. The number of alkyl halides is 2. The van der Waals surface area contributed by atoms with Crippen molar-refractivity contribution in [3.63, 3.8) is 0 Å². The Morgan fingerprint density at radius 2 is 1.75 bits per heavy atom. The molecule has 0 aromatic heterocycles. The van der Waals surface area contributed by atoms with E-state index in [1.54, 1.807) is 24.3 Å². The molecule has 1 unspecified atom stereocenters. The van der Waals surface area contributed by atoms with Crippen LogP contribution in [0.25, 0.3) is 0 Å². The molecule has 1 rings (SSSR count). The number of hydrogen-bond donors (Lipinski definition) is 2. The van der Waals surface area contributed by atoms with Gasteiger partial charge in [-0.15, -0.1) is 23.2 Å². The number of halogens is 2. The van der Waals surface area contributed by atoms with Gasteiger partial charge in [0.05, 0.1) is 0 Å². The number of ether oxygens (including phenoxy) is 1. The third kappa shape index (κ3) is 7.73. The predicted molar refractivity (Wildman–Crippen MR) is 90.7 cm³/mol. The van der Waals surface area contributed by atoms with Gasteiger partial charge in [-0.2, -0.15) is 6.42 Å². The Kier molecular flexibility index (Phi) is 11.9. The number of nitrogens with zero attached hydrogens (tertiary/aromatic N) is 1. The zero-order chi connectivity index (χ0) is 17.2. The van der Waals surface area contributed by atoms with Crippen LogP contribution in [0.1, 0.15) is 6.42 Å². The van der Waals surface area contributed by atoms with Gasteiger partial charge >= 0.3 is 12.1 Å². The van der Waals surface area contributed by atoms with Crippen LogP contribution in [0.4, 0.5) is 10.5 Å². The van der Waals surface area contributed by atoms with Gasteiger partial charge in [-0.25, -0.2) is 4.79 Å². The average Bonchev–Trinajstić information content (AvgIpc) is 2.53. The Hall–Kier alpha value is -0.972. The minimum Gasteiger partial charge on any atom is -0.480 e. The molecule has 0 aliphatic carbocycles. The van der Waals surface area contributed by atoms with Gasteiger partial charge in [0.2, 0.25) is 0 Å². The van der Waals surface area contributed by atoms with Crippen molar-refractivity contribution in [2.75, 3.05) is 29.7 Å². The Labute approximate surface area is 165 Å². The van der Waals surface area contributed by atoms with Crippen molar-refractivity contribution in [2.24, 2.45) is 0 Å². The van der Waals surface area contributed by atoms with Gasteiger partial charge in [0.25, 0.3) is 0 Å². The molecule has 2 N–H and O–H groups in total. The van der Waals surface area contributed by atoms with Gasteiger partial charge in [-0.05, 0) is 24.3 Å². The second-order valence-electron chi connectivity index (χ2n) is 4.57. The summed E-state index contributed by atoms with van der Waals surface area (Å²) in [5, 5.41) is 11.1. The molecule has 0 saturated heterocycles. The molecule has 1 aromatic rings. The van der Waals surface area contributed by atoms with E-state index in [1.807, 2.05) is 4.90 Å². The second kappa shape index (κ2) is 12.4. The summed E-state index contributed by atoms with van der Waals surface area (Å²) in [6, 6.07) is 5.70. The molecule has 1 atom stereocenters. The van der Waals surface area contributed by atoms with Crippen molar-refractivity contribution in [1.82, 2.24) is 5.32 Å². The Balaban J connectivity index is 0.00000529. The van der Waals surface area contributed by atoms with E-state index < -0.39 is 18.1 Å². The number of aliphatic carboxylic acids is 1. The van der Waals surface area contributed by atoms with E-state index in [2.05, 4.69) is 12.2 Å². The quantitative estimate of drug-likeness (QED) is 0.368. The number of carbonyl (C=O) groups excluding carboxylic acids is 1. The van der Waals surface area contributed by atoms with Crippen molar-refractivity contribution in [3.05, 3.63) is 31.2 Å². The van der Waals surface area contributed by atoms with E-state index in [-0.39, 0.29) is 27.5 Å². The van der Waals surface area contributed by atoms with Crippen LogP contribution < -0.4 is 15.0 Å². The average molecular weight is 546 g/mol. The Morgan fingerprint density at radius 3 is 2.17 bits per heavy atom. The summed E-state index contributed by atoms with van der Waals surface area (Å²) in [4.78, 5) is 24.5. The largest absolute Gasteiger partial charge is 0.480 e. The van der Waals surface area contributed by atoms with Crippen molar-refractivity contribution in [1.29, 1.82) is 0 Å². The Bertz CT molecular complexity index is 511. The molecule has 6 nitrogen and oxygen atoms in total. The van der Waals surface area contributed by atoms with Crippen molar-refractivity contribution >= 4 is 41.0 Å². The summed E-state index contributed by atoms with van der Waals surface area (Å²) in [5.41, 5.74) is 0.903. The maximum Gasteiger partial charge on any atom is 0.413 e. The summed E-state index contributed by atoms with van der Waals surface area (Å²) in [7, 11) is 0. The van der Waals surface area contributed by atoms with Gasteiger partial charge < -0.3 is 27.0 Å². The monoisotopic (exact) mass is 545 g/mol. The molecule has 0 heterocycles. The molecule has 24 heavy (non-hydrogen) atoms. The number of carboxylic acids is 1. The van der Waals surface area contributed by atoms with Gasteiger partial charge in [-0.3, -0.25) is 4.79 Å². The summed E-state index contributed by atoms with van der Waals surface area (Å²) in [6.07, 6.45) is -0.818. The number of hydrogen-bond acceptors (Lipinski definition) is 4. The van der Waals surface area contributed by atoms with Gasteiger partial charge in [-0.1, -0.05) is 0 Å². The van der Waals surface area contributed by atoms with Crippen LogP contribution in [-0.4, -0.2) is 48.1 Å². The predicted octanol–water partition coefficient (Wildman–Crippen LogP) is 2.73. The van der Waals surface area contributed by atoms with Crippen molar-refractivity contribution in [2.45, 2.75) is 12.5 Å². The molecule has 0 saturated carbocycles. The first-order valence-electron chi connectivity index (χ1n) is 6.99. The molecule has 0 aliphatic heterocycles. The molecule has 0 spiro atoms. The first kappa shape index (κ1) is 23.0. The van der Waals surface area contributed by atoms with E-state index >= 15 is 0 Å². The van der Waals surface area contributed by atoms with E-state index in [0.29, 0.717) is 30.6 Å². The van der Waals surface area contributed by atoms with Crippen molar-refractivity contribution < 1.29 is 40.5 Å². The number of carboxylic acid groups (broad SMARTS) is 1. The van der Waals surface area contributed by atoms with Crippen molar-refractivity contribution in [3.8, 4) is 5.75 Å². The minimum atomic E-state index is -1.16. The molecular weight excluding hydrogens is 527 g/mol. The number of carbonyl (C=O) groups is 2. The number of amides is 1. The van der Waals surface area contributed by atoms with Crippen LogP contribution in [0, 0.1) is 6.92 Å². The van der Waals surface area contributed by atoms with Gasteiger partial charge in [0, 0.05) is 51.6 Å². The molecule has 0 fully saturated rings. The molecule has 134 valence electrons. The maximum atomic E-state index is 11.6. The summed E-state index contributed by atoms with van der Waals surface area (Å²) in [6.45, 7) is 4.76. The molecule has 1 aromatic carbocycles. The normalized spacial score (nSPS) is 11.1. The number of nitrogens with one attached hydrogen (secondary N) is 1. The van der Waals surface area contributed by atoms with E-state index in [0.717, 1.165) is 5.69 Å². The standard InChI is InChI=1S/C15H19Cl2N2O4.W/c1-2-13(14(20)21)18-15(22)23-12-5-3-11(4-6-12)19(9-7-16)10-8-17;/h3-6,13H,1-2,7-10H2,(H,18,22)(H,20,21);/q-1;. The SMILES string of the molecule is [CH2-]CC(NC(=O)Oc1ccc(N(CCCl)CCCl)cc1)C(=O)O.[W]. The third-order valence-corrected chi connectivity index (χ3v) is 3.34. The Morgan fingerprint density at radius 1 is 1.21 bits per heavy atom. The maximum absolute atomic E-state index is 11.6. The molecule has 0 radical (unpaired) electrons. The fourth-order valence-electron chi connectivity index (χ4n) is 1.84.